The van der Waals surface area contributed by atoms with Gasteiger partial charge in [-0.15, -0.1) is 0 Å². The number of allylic oxidation sites excluding steroid dienone is 2. The van der Waals surface area contributed by atoms with Gasteiger partial charge in [0.15, 0.2) is 0 Å². The van der Waals surface area contributed by atoms with Crippen LogP contribution in [-0.4, -0.2) is 61.9 Å². The number of unbranched alkanes of at least 4 members (excludes halogenated alkanes) is 11. The molecule has 1 saturated heterocycles. The number of ether oxygens (including phenoxy) is 2. The molecule has 0 bridgehead atoms. The van der Waals surface area contributed by atoms with Crippen LogP contribution < -0.4 is 16.6 Å². The molecule has 1 aromatic heterocycles. The first-order chi connectivity index (χ1) is 19.2. The molecule has 12 heteroatoms. The van der Waals surface area contributed by atoms with Crippen LogP contribution in [0.3, 0.4) is 0 Å². The minimum atomic E-state index is -2.04. The highest BCUT2D eigenvalue weighted by atomic mass is 16.7. The summed E-state index contributed by atoms with van der Waals surface area (Å²) in [6.45, 7) is 2.23. The molecule has 0 spiro atoms. The molecule has 0 saturated carbocycles. The van der Waals surface area contributed by atoms with Crippen LogP contribution in [0.5, 0.6) is 0 Å². The van der Waals surface area contributed by atoms with E-state index in [0.29, 0.717) is 6.42 Å². The number of alkyl carbamates (subject to hydrolysis) is 1. The smallest absolute Gasteiger partial charge is 0.416 e. The average Bonchev–Trinajstić information content (AvgIpc) is 3.20. The Morgan fingerprint density at radius 3 is 2.20 bits per heavy atom. The molecule has 1 aliphatic heterocycles. The van der Waals surface area contributed by atoms with E-state index in [-0.39, 0.29) is 12.0 Å². The predicted octanol–water partition coefficient (Wildman–Crippen LogP) is 2.83. The van der Waals surface area contributed by atoms with Gasteiger partial charge in [-0.05, 0) is 32.1 Å². The van der Waals surface area contributed by atoms with E-state index in [4.69, 9.17) is 9.47 Å². The number of imide groups is 1. The number of rotatable bonds is 18. The van der Waals surface area contributed by atoms with Crippen molar-refractivity contribution in [3.8, 4) is 0 Å². The van der Waals surface area contributed by atoms with Gasteiger partial charge in [-0.1, -0.05) is 70.4 Å². The van der Waals surface area contributed by atoms with Crippen molar-refractivity contribution in [2.45, 2.75) is 128 Å². The molecular weight excluding hydrogens is 522 g/mol. The fourth-order valence-electron chi connectivity index (χ4n) is 4.57. The van der Waals surface area contributed by atoms with E-state index in [2.05, 4.69) is 24.1 Å². The largest absolute Gasteiger partial charge is 0.417 e. The zero-order valence-corrected chi connectivity index (χ0v) is 23.3. The van der Waals surface area contributed by atoms with E-state index in [9.17, 15) is 34.5 Å². The monoisotopic (exact) mass is 567 g/mol. The van der Waals surface area contributed by atoms with E-state index in [1.165, 1.54) is 38.5 Å². The zero-order chi connectivity index (χ0) is 29.3. The highest BCUT2D eigenvalue weighted by Crippen LogP contribution is 2.33. The lowest BCUT2D eigenvalue weighted by atomic mass is 10.0. The standard InChI is InChI=1S/C28H45N3O9/c1-2-3-4-5-6-7-8-9-10-11-12-13-14-15-16-17-20(32)30-28(38)40-26(36)24-22(34)21(33)23(39-24)19-18-29-27(37)31-25(19)35/h9-10,18,21-24,26,33-34,36H,2-8,11-17H2,1H3,(H,30,32,38)(H2,29,31,35,37)/b10-9-/t21-,22+,23+,24+,26?/m1/s1. The summed E-state index contributed by atoms with van der Waals surface area (Å²) in [7, 11) is 0. The molecule has 1 unspecified atom stereocenters. The SMILES string of the molecule is CCCCCCCC/C=C\CCCCCCCC(=O)NC(=O)OC(O)[C@H]1O[C@@H](c2c[nH]c(=O)[nH]c2=O)[C@H](O)[C@@H]1O. The first kappa shape index (κ1) is 33.4. The van der Waals surface area contributed by atoms with Gasteiger partial charge >= 0.3 is 11.8 Å². The van der Waals surface area contributed by atoms with Gasteiger partial charge in [0.2, 0.25) is 12.2 Å². The summed E-state index contributed by atoms with van der Waals surface area (Å²) in [5.41, 5.74) is -1.82. The number of carbonyl (C=O) groups excluding carboxylic acids is 2. The Hall–Kier alpha value is -2.80. The zero-order valence-electron chi connectivity index (χ0n) is 23.3. The number of aliphatic hydroxyl groups is 3. The number of hydrogen-bond donors (Lipinski definition) is 6. The van der Waals surface area contributed by atoms with Crippen LogP contribution in [0, 0.1) is 0 Å². The first-order valence-electron chi connectivity index (χ1n) is 14.4. The molecule has 1 aliphatic rings. The van der Waals surface area contributed by atoms with E-state index in [0.717, 1.165) is 44.7 Å². The van der Waals surface area contributed by atoms with Crippen LogP contribution in [0.25, 0.3) is 0 Å². The fraction of sp³-hybridized carbons (Fsp3) is 0.714. The molecule has 40 heavy (non-hydrogen) atoms. The Morgan fingerprint density at radius 2 is 1.57 bits per heavy atom. The summed E-state index contributed by atoms with van der Waals surface area (Å²) in [5, 5.41) is 32.6. The number of H-pyrrole nitrogens is 2. The maximum atomic E-state index is 12.0. The van der Waals surface area contributed by atoms with Gasteiger partial charge in [0.1, 0.15) is 24.4 Å². The van der Waals surface area contributed by atoms with Gasteiger partial charge in [-0.2, -0.15) is 0 Å². The third kappa shape index (κ3) is 11.7. The quantitative estimate of drug-likeness (QED) is 0.0879. The lowest BCUT2D eigenvalue weighted by Gasteiger charge is -2.20. The molecule has 226 valence electrons. The number of aliphatic hydroxyl groups excluding tert-OH is 3. The third-order valence-corrected chi connectivity index (χ3v) is 6.87. The molecule has 1 aromatic rings. The Labute approximate surface area is 234 Å². The molecule has 0 aliphatic carbocycles. The molecule has 12 nitrogen and oxygen atoms in total. The number of carbonyl (C=O) groups is 2. The second-order valence-electron chi connectivity index (χ2n) is 10.2. The first-order valence-corrected chi connectivity index (χ1v) is 14.4. The van der Waals surface area contributed by atoms with Crippen molar-refractivity contribution in [3.05, 3.63) is 44.8 Å². The molecule has 1 fully saturated rings. The van der Waals surface area contributed by atoms with Gasteiger partial charge in [0.05, 0.1) is 5.56 Å². The Bertz CT molecular complexity index is 1040. The van der Waals surface area contributed by atoms with Crippen LogP contribution in [0.1, 0.15) is 108 Å². The van der Waals surface area contributed by atoms with E-state index < -0.39 is 54.0 Å². The van der Waals surface area contributed by atoms with Crippen LogP contribution >= 0.6 is 0 Å². The molecule has 6 N–H and O–H groups in total. The second-order valence-corrected chi connectivity index (χ2v) is 10.2. The summed E-state index contributed by atoms with van der Waals surface area (Å²) < 4.78 is 10.1. The molecular formula is C28H45N3O9. The van der Waals surface area contributed by atoms with Crippen molar-refractivity contribution in [1.82, 2.24) is 15.3 Å². The predicted molar refractivity (Wildman–Crippen MR) is 147 cm³/mol. The number of aromatic amines is 2. The number of aromatic nitrogens is 2. The van der Waals surface area contributed by atoms with Gasteiger partial charge < -0.3 is 29.8 Å². The molecule has 5 atom stereocenters. The Morgan fingerprint density at radius 1 is 0.975 bits per heavy atom. The van der Waals surface area contributed by atoms with E-state index in [1.807, 2.05) is 10.3 Å². The summed E-state index contributed by atoms with van der Waals surface area (Å²) in [6.07, 6.45) is 10.7. The highest BCUT2D eigenvalue weighted by molar-refractivity contribution is 5.91. The van der Waals surface area contributed by atoms with Gasteiger partial charge in [0.25, 0.3) is 5.56 Å². The van der Waals surface area contributed by atoms with Crippen molar-refractivity contribution in [1.29, 1.82) is 0 Å². The fourth-order valence-corrected chi connectivity index (χ4v) is 4.57. The van der Waals surface area contributed by atoms with Crippen molar-refractivity contribution in [2.75, 3.05) is 0 Å². The summed E-state index contributed by atoms with van der Waals surface area (Å²) in [4.78, 5) is 51.3. The Kier molecular flexibility index (Phi) is 15.5. The molecule has 2 amide bonds. The van der Waals surface area contributed by atoms with Crippen molar-refractivity contribution in [3.63, 3.8) is 0 Å². The topological polar surface area (TPSA) is 191 Å². The van der Waals surface area contributed by atoms with E-state index >= 15 is 0 Å². The minimum absolute atomic E-state index is 0.113. The van der Waals surface area contributed by atoms with Gasteiger partial charge in [-0.25, -0.2) is 9.59 Å². The minimum Gasteiger partial charge on any atom is -0.417 e. The molecule has 2 rings (SSSR count). The van der Waals surface area contributed by atoms with Crippen LogP contribution in [-0.2, 0) is 14.3 Å². The van der Waals surface area contributed by atoms with Crippen molar-refractivity contribution < 1.29 is 34.4 Å². The average molecular weight is 568 g/mol. The summed E-state index contributed by atoms with van der Waals surface area (Å²) in [6, 6.07) is 0. The molecule has 0 aromatic carbocycles. The van der Waals surface area contributed by atoms with Gasteiger partial charge in [-0.3, -0.25) is 19.9 Å². The maximum Gasteiger partial charge on any atom is 0.416 e. The van der Waals surface area contributed by atoms with Crippen LogP contribution in [0.15, 0.2) is 27.9 Å². The summed E-state index contributed by atoms with van der Waals surface area (Å²) in [5.74, 6) is -0.569. The highest BCUT2D eigenvalue weighted by Gasteiger charge is 2.48. The van der Waals surface area contributed by atoms with Crippen LogP contribution in [0.4, 0.5) is 4.79 Å². The number of nitrogens with one attached hydrogen (secondary N) is 3. The lowest BCUT2D eigenvalue weighted by Crippen LogP contribution is -2.43. The van der Waals surface area contributed by atoms with Gasteiger partial charge in [0, 0.05) is 12.6 Å². The molecule has 2 heterocycles. The normalized spacial score (nSPS) is 21.5. The van der Waals surface area contributed by atoms with Crippen LogP contribution in [0.2, 0.25) is 0 Å². The summed E-state index contributed by atoms with van der Waals surface area (Å²) >= 11 is 0. The lowest BCUT2D eigenvalue weighted by molar-refractivity contribution is -0.162. The van der Waals surface area contributed by atoms with E-state index in [1.54, 1.807) is 0 Å². The number of amides is 2. The third-order valence-electron chi connectivity index (χ3n) is 6.87. The second kappa shape index (κ2) is 18.5. The van der Waals surface area contributed by atoms with Crippen molar-refractivity contribution in [2.24, 2.45) is 0 Å². The number of hydrogen-bond acceptors (Lipinski definition) is 9. The maximum absolute atomic E-state index is 12.0. The Balaban J connectivity index is 1.56. The van der Waals surface area contributed by atoms with Crippen molar-refractivity contribution >= 4 is 12.0 Å². The molecule has 0 radical (unpaired) electrons.